The Hall–Kier alpha value is -1.44. The minimum atomic E-state index is -0.396. The number of nitrogens with one attached hydrogen (secondary N) is 2. The first-order valence-electron chi connectivity index (χ1n) is 8.10. The predicted octanol–water partition coefficient (Wildman–Crippen LogP) is 3.98. The van der Waals surface area contributed by atoms with E-state index >= 15 is 0 Å². The molecular formula is C18H18N2O2S3. The summed E-state index contributed by atoms with van der Waals surface area (Å²) in [4.78, 5) is 28.9. The average Bonchev–Trinajstić information content (AvgIpc) is 3.04. The maximum absolute atomic E-state index is 12.5. The fraction of sp³-hybridized carbons (Fsp3) is 0.389. The second-order valence-electron chi connectivity index (χ2n) is 7.48. The van der Waals surface area contributed by atoms with Crippen LogP contribution < -0.4 is 5.32 Å². The van der Waals surface area contributed by atoms with Crippen molar-refractivity contribution in [2.24, 2.45) is 5.92 Å². The summed E-state index contributed by atoms with van der Waals surface area (Å²) in [6, 6.07) is 8.40. The summed E-state index contributed by atoms with van der Waals surface area (Å²) in [5, 5.41) is 3.03. The second-order valence-corrected chi connectivity index (χ2v) is 10.3. The Balaban J connectivity index is 1.84. The first-order valence-corrected chi connectivity index (χ1v) is 10.2. The number of fused-ring (bicyclic) bond motifs is 2. The number of benzene rings is 1. The molecule has 25 heavy (non-hydrogen) atoms. The highest BCUT2D eigenvalue weighted by atomic mass is 32.2. The zero-order valence-corrected chi connectivity index (χ0v) is 16.5. The summed E-state index contributed by atoms with van der Waals surface area (Å²) in [6.45, 7) is 6.52. The SMILES string of the molecule is CC(C)(C)c1ccc(C2c3sc(=S)[nH]c3SC3C(=O)NC(=O)C32)cc1. The number of imide groups is 1. The molecule has 1 saturated heterocycles. The van der Waals surface area contributed by atoms with Crippen LogP contribution in [0.3, 0.4) is 0 Å². The number of thiazole rings is 1. The number of carbonyl (C=O) groups excluding carboxylic acids is 2. The topological polar surface area (TPSA) is 62.0 Å². The van der Waals surface area contributed by atoms with E-state index in [9.17, 15) is 9.59 Å². The van der Waals surface area contributed by atoms with Crippen LogP contribution in [-0.2, 0) is 15.0 Å². The summed E-state index contributed by atoms with van der Waals surface area (Å²) in [5.74, 6) is -0.906. The Morgan fingerprint density at radius 1 is 1.08 bits per heavy atom. The van der Waals surface area contributed by atoms with E-state index < -0.39 is 5.25 Å². The molecule has 0 radical (unpaired) electrons. The number of aromatic amines is 1. The van der Waals surface area contributed by atoms with Gasteiger partial charge in [-0.3, -0.25) is 14.9 Å². The maximum atomic E-state index is 12.5. The molecule has 3 unspecified atom stereocenters. The molecule has 2 aliphatic heterocycles. The smallest absolute Gasteiger partial charge is 0.240 e. The van der Waals surface area contributed by atoms with E-state index in [2.05, 4.69) is 55.3 Å². The van der Waals surface area contributed by atoms with Gasteiger partial charge in [-0.15, -0.1) is 11.3 Å². The van der Waals surface area contributed by atoms with Gasteiger partial charge in [0.25, 0.3) is 0 Å². The zero-order chi connectivity index (χ0) is 17.9. The normalized spacial score (nSPS) is 25.5. The number of aromatic nitrogens is 1. The van der Waals surface area contributed by atoms with Crippen molar-refractivity contribution < 1.29 is 9.59 Å². The van der Waals surface area contributed by atoms with Gasteiger partial charge in [0.15, 0.2) is 3.95 Å². The summed E-state index contributed by atoms with van der Waals surface area (Å²) in [6.07, 6.45) is 0. The van der Waals surface area contributed by atoms with Gasteiger partial charge in [0.05, 0.1) is 10.9 Å². The van der Waals surface area contributed by atoms with Crippen molar-refractivity contribution in [2.45, 2.75) is 42.4 Å². The monoisotopic (exact) mass is 390 g/mol. The Bertz CT molecular complexity index is 921. The molecule has 0 aliphatic carbocycles. The van der Waals surface area contributed by atoms with Gasteiger partial charge in [-0.05, 0) is 28.8 Å². The lowest BCUT2D eigenvalue weighted by Gasteiger charge is -2.30. The molecule has 2 N–H and O–H groups in total. The summed E-state index contributed by atoms with van der Waals surface area (Å²) < 4.78 is 0.682. The lowest BCUT2D eigenvalue weighted by atomic mass is 9.81. The number of hydrogen-bond acceptors (Lipinski definition) is 5. The summed E-state index contributed by atoms with van der Waals surface area (Å²) >= 11 is 8.23. The van der Waals surface area contributed by atoms with Crippen LogP contribution in [0, 0.1) is 9.87 Å². The Labute approximate surface area is 159 Å². The lowest BCUT2D eigenvalue weighted by molar-refractivity contribution is -0.125. The van der Waals surface area contributed by atoms with E-state index in [0.29, 0.717) is 3.95 Å². The minimum absolute atomic E-state index is 0.0693. The van der Waals surface area contributed by atoms with Crippen LogP contribution in [0.15, 0.2) is 29.3 Å². The maximum Gasteiger partial charge on any atom is 0.240 e. The van der Waals surface area contributed by atoms with E-state index in [1.807, 2.05) is 0 Å². The molecule has 1 aromatic carbocycles. The molecule has 2 aromatic rings. The second kappa shape index (κ2) is 5.79. The minimum Gasteiger partial charge on any atom is -0.332 e. The highest BCUT2D eigenvalue weighted by molar-refractivity contribution is 8.00. The predicted molar refractivity (Wildman–Crippen MR) is 103 cm³/mol. The quantitative estimate of drug-likeness (QED) is 0.571. The fourth-order valence-corrected chi connectivity index (χ4v) is 6.41. The largest absolute Gasteiger partial charge is 0.332 e. The van der Waals surface area contributed by atoms with Gasteiger partial charge in [-0.25, -0.2) is 0 Å². The van der Waals surface area contributed by atoms with Gasteiger partial charge < -0.3 is 4.98 Å². The third-order valence-electron chi connectivity index (χ3n) is 4.80. The number of thioether (sulfide) groups is 1. The Morgan fingerprint density at radius 3 is 2.40 bits per heavy atom. The highest BCUT2D eigenvalue weighted by Crippen LogP contribution is 2.51. The third-order valence-corrected chi connectivity index (χ3v) is 7.56. The van der Waals surface area contributed by atoms with Gasteiger partial charge >= 0.3 is 0 Å². The number of carbonyl (C=O) groups is 2. The van der Waals surface area contributed by atoms with Crippen molar-refractivity contribution in [2.75, 3.05) is 0 Å². The van der Waals surface area contributed by atoms with Gasteiger partial charge in [-0.1, -0.05) is 56.8 Å². The highest BCUT2D eigenvalue weighted by Gasteiger charge is 2.52. The molecule has 0 saturated carbocycles. The van der Waals surface area contributed by atoms with E-state index in [1.54, 1.807) is 0 Å². The van der Waals surface area contributed by atoms with Crippen molar-refractivity contribution in [1.82, 2.24) is 10.3 Å². The molecule has 2 aliphatic rings. The van der Waals surface area contributed by atoms with Crippen LogP contribution in [0.4, 0.5) is 0 Å². The number of H-pyrrole nitrogens is 1. The standard InChI is InChI=1S/C18H18N2O2S3/c1-18(2,3)9-6-4-8(5-7-9)10-11-12(15(22)19-14(11)21)24-16-13(10)25-17(23)20-16/h4-7,10-12H,1-3H3,(H,20,23)(H,19,21,22). The fourth-order valence-electron chi connectivity index (χ4n) is 3.49. The molecule has 4 rings (SSSR count). The van der Waals surface area contributed by atoms with Crippen LogP contribution in [0.5, 0.6) is 0 Å². The first kappa shape index (κ1) is 17.0. The molecule has 3 atom stereocenters. The van der Waals surface area contributed by atoms with Crippen LogP contribution in [0.2, 0.25) is 0 Å². The van der Waals surface area contributed by atoms with Crippen molar-refractivity contribution in [3.8, 4) is 0 Å². The van der Waals surface area contributed by atoms with E-state index in [0.717, 1.165) is 15.5 Å². The van der Waals surface area contributed by atoms with E-state index in [4.69, 9.17) is 12.2 Å². The van der Waals surface area contributed by atoms with Crippen LogP contribution in [0.1, 0.15) is 42.7 Å². The Kier molecular flexibility index (Phi) is 3.94. The van der Waals surface area contributed by atoms with Gasteiger partial charge in [0, 0.05) is 10.8 Å². The van der Waals surface area contributed by atoms with Crippen molar-refractivity contribution >= 4 is 47.1 Å². The van der Waals surface area contributed by atoms with Crippen molar-refractivity contribution in [3.63, 3.8) is 0 Å². The molecule has 2 amide bonds. The van der Waals surface area contributed by atoms with Crippen molar-refractivity contribution in [1.29, 1.82) is 0 Å². The Morgan fingerprint density at radius 2 is 1.76 bits per heavy atom. The van der Waals surface area contributed by atoms with E-state index in [-0.39, 0.29) is 29.1 Å². The molecule has 1 fully saturated rings. The van der Waals surface area contributed by atoms with Gasteiger partial charge in [0.1, 0.15) is 5.25 Å². The molecule has 4 nitrogen and oxygen atoms in total. The molecule has 130 valence electrons. The van der Waals surface area contributed by atoms with Crippen LogP contribution in [0.25, 0.3) is 0 Å². The number of amides is 2. The van der Waals surface area contributed by atoms with E-state index in [1.165, 1.54) is 28.7 Å². The lowest BCUT2D eigenvalue weighted by Crippen LogP contribution is -2.31. The van der Waals surface area contributed by atoms with Gasteiger partial charge in [-0.2, -0.15) is 0 Å². The number of hydrogen-bond donors (Lipinski definition) is 2. The molecule has 7 heteroatoms. The van der Waals surface area contributed by atoms with Crippen LogP contribution in [-0.4, -0.2) is 22.0 Å². The van der Waals surface area contributed by atoms with Gasteiger partial charge in [0.2, 0.25) is 11.8 Å². The number of rotatable bonds is 1. The average molecular weight is 391 g/mol. The summed E-state index contributed by atoms with van der Waals surface area (Å²) in [5.41, 5.74) is 2.37. The molecule has 3 heterocycles. The molecule has 1 aromatic heterocycles. The molecule has 0 bridgehead atoms. The van der Waals surface area contributed by atoms with Crippen molar-refractivity contribution in [3.05, 3.63) is 44.2 Å². The first-order chi connectivity index (χ1) is 11.8. The summed E-state index contributed by atoms with van der Waals surface area (Å²) in [7, 11) is 0. The third kappa shape index (κ3) is 2.78. The molecular weight excluding hydrogens is 372 g/mol. The van der Waals surface area contributed by atoms with Crippen LogP contribution >= 0.6 is 35.3 Å². The molecule has 0 spiro atoms. The zero-order valence-electron chi connectivity index (χ0n) is 14.1.